The van der Waals surface area contributed by atoms with Crippen molar-refractivity contribution in [1.82, 2.24) is 0 Å². The van der Waals surface area contributed by atoms with E-state index in [0.717, 1.165) is 34.6 Å². The van der Waals surface area contributed by atoms with Crippen LogP contribution >= 0.6 is 22.9 Å². The normalized spacial score (nSPS) is 15.6. The second-order valence-electron chi connectivity index (χ2n) is 6.27. The Labute approximate surface area is 150 Å². The second-order valence-corrected chi connectivity index (χ2v) is 8.17. The number of hydrogen-bond donors (Lipinski definition) is 0. The van der Waals surface area contributed by atoms with Crippen LogP contribution < -0.4 is 0 Å². The minimum absolute atomic E-state index is 0.143. The summed E-state index contributed by atoms with van der Waals surface area (Å²) in [6.45, 7) is 3.67. The molecule has 126 valence electrons. The Morgan fingerprint density at radius 1 is 1.21 bits per heavy atom. The van der Waals surface area contributed by atoms with Gasteiger partial charge in [0.1, 0.15) is 0 Å². The lowest BCUT2D eigenvalue weighted by Gasteiger charge is -2.39. The summed E-state index contributed by atoms with van der Waals surface area (Å²) in [5, 5.41) is 0.639. The zero-order chi connectivity index (χ0) is 17.3. The molecule has 2 aromatic rings. The van der Waals surface area contributed by atoms with E-state index in [-0.39, 0.29) is 18.4 Å². The average Bonchev–Trinajstić information content (AvgIpc) is 2.84. The molecule has 0 saturated heterocycles. The number of rotatable bonds is 5. The molecular weight excluding hydrogens is 344 g/mol. The molecule has 0 spiro atoms. The zero-order valence-corrected chi connectivity index (χ0v) is 15.3. The van der Waals surface area contributed by atoms with Gasteiger partial charge in [-0.05, 0) is 50.5 Å². The molecule has 3 nitrogen and oxygen atoms in total. The number of carbonyl (C=O) groups excluding carboxylic acids is 2. The molecule has 1 saturated carbocycles. The maximum atomic E-state index is 12.7. The fourth-order valence-corrected chi connectivity index (χ4v) is 4.23. The van der Waals surface area contributed by atoms with Crippen molar-refractivity contribution in [2.24, 2.45) is 0 Å². The Morgan fingerprint density at radius 3 is 2.38 bits per heavy atom. The maximum Gasteiger partial charge on any atom is 0.317 e. The van der Waals surface area contributed by atoms with E-state index in [9.17, 15) is 9.59 Å². The number of benzene rings is 1. The highest BCUT2D eigenvalue weighted by molar-refractivity contribution is 7.12. The zero-order valence-electron chi connectivity index (χ0n) is 13.7. The summed E-state index contributed by atoms with van der Waals surface area (Å²) in [6, 6.07) is 9.17. The van der Waals surface area contributed by atoms with Gasteiger partial charge in [0, 0.05) is 20.3 Å². The van der Waals surface area contributed by atoms with Crippen LogP contribution in [0.2, 0.25) is 5.02 Å². The van der Waals surface area contributed by atoms with E-state index < -0.39 is 5.41 Å². The molecule has 1 aliphatic rings. The van der Waals surface area contributed by atoms with Gasteiger partial charge in [-0.3, -0.25) is 9.59 Å². The average molecular weight is 363 g/mol. The van der Waals surface area contributed by atoms with Crippen LogP contribution in [0.5, 0.6) is 0 Å². The molecule has 1 aromatic heterocycles. The number of thiophene rings is 1. The van der Waals surface area contributed by atoms with Crippen LogP contribution in [0, 0.1) is 13.8 Å². The molecule has 24 heavy (non-hydrogen) atoms. The number of hydrogen-bond acceptors (Lipinski definition) is 4. The van der Waals surface area contributed by atoms with Gasteiger partial charge in [0.15, 0.2) is 6.61 Å². The van der Waals surface area contributed by atoms with Crippen LogP contribution in [0.3, 0.4) is 0 Å². The molecule has 5 heteroatoms. The molecule has 0 radical (unpaired) electrons. The molecule has 0 N–H and O–H groups in total. The largest absolute Gasteiger partial charge is 0.457 e. The summed E-state index contributed by atoms with van der Waals surface area (Å²) < 4.78 is 5.40. The number of aryl methyl sites for hydroxylation is 2. The van der Waals surface area contributed by atoms with Gasteiger partial charge in [0.25, 0.3) is 0 Å². The quantitative estimate of drug-likeness (QED) is 0.563. The van der Waals surface area contributed by atoms with Crippen molar-refractivity contribution >= 4 is 34.7 Å². The standard InChI is InChI=1S/C19H19ClO3S/c1-12-10-16(13(2)24-12)17(21)11-23-18(22)19(8-3-9-19)14-4-6-15(20)7-5-14/h4-7,10H,3,8-9,11H2,1-2H3. The first-order valence-electron chi connectivity index (χ1n) is 7.96. The minimum Gasteiger partial charge on any atom is -0.457 e. The molecule has 1 fully saturated rings. The van der Waals surface area contributed by atoms with E-state index in [4.69, 9.17) is 16.3 Å². The lowest BCUT2D eigenvalue weighted by Crippen LogP contribution is -2.44. The SMILES string of the molecule is Cc1cc(C(=O)COC(=O)C2(c3ccc(Cl)cc3)CCC2)c(C)s1. The van der Waals surface area contributed by atoms with Crippen molar-refractivity contribution in [1.29, 1.82) is 0 Å². The van der Waals surface area contributed by atoms with E-state index in [1.54, 1.807) is 23.5 Å². The highest BCUT2D eigenvalue weighted by Crippen LogP contribution is 2.45. The van der Waals surface area contributed by atoms with Crippen LogP contribution in [0.1, 0.15) is 44.9 Å². The topological polar surface area (TPSA) is 43.4 Å². The molecule has 1 aliphatic carbocycles. The van der Waals surface area contributed by atoms with E-state index in [1.807, 2.05) is 32.0 Å². The fourth-order valence-electron chi connectivity index (χ4n) is 3.16. The smallest absolute Gasteiger partial charge is 0.317 e. The highest BCUT2D eigenvalue weighted by Gasteiger charge is 2.47. The van der Waals surface area contributed by atoms with Gasteiger partial charge < -0.3 is 4.74 Å². The van der Waals surface area contributed by atoms with Gasteiger partial charge >= 0.3 is 5.97 Å². The molecule has 3 rings (SSSR count). The van der Waals surface area contributed by atoms with Crippen LogP contribution in [0.4, 0.5) is 0 Å². The summed E-state index contributed by atoms with van der Waals surface area (Å²) >= 11 is 7.51. The van der Waals surface area contributed by atoms with Gasteiger partial charge in [0.2, 0.25) is 5.78 Å². The monoisotopic (exact) mass is 362 g/mol. The maximum absolute atomic E-state index is 12.7. The van der Waals surface area contributed by atoms with Gasteiger partial charge in [0.05, 0.1) is 5.41 Å². The Morgan fingerprint density at radius 2 is 1.88 bits per heavy atom. The predicted octanol–water partition coefficient (Wildman–Crippen LogP) is 4.87. The Hall–Kier alpha value is -1.65. The van der Waals surface area contributed by atoms with Crippen LogP contribution in [-0.4, -0.2) is 18.4 Å². The number of ether oxygens (including phenoxy) is 1. The Bertz CT molecular complexity index is 772. The number of ketones is 1. The summed E-state index contributed by atoms with van der Waals surface area (Å²) in [5.41, 5.74) is 0.947. The molecule has 0 aliphatic heterocycles. The van der Waals surface area contributed by atoms with Crippen LogP contribution in [0.15, 0.2) is 30.3 Å². The van der Waals surface area contributed by atoms with Gasteiger partial charge in [-0.2, -0.15) is 0 Å². The second kappa shape index (κ2) is 6.69. The fraction of sp³-hybridized carbons (Fsp3) is 0.368. The van der Waals surface area contributed by atoms with Crippen molar-refractivity contribution in [3.8, 4) is 0 Å². The predicted molar refractivity (Wildman–Crippen MR) is 96.1 cm³/mol. The summed E-state index contributed by atoms with van der Waals surface area (Å²) in [6.07, 6.45) is 2.48. The van der Waals surface area contributed by atoms with Crippen molar-refractivity contribution in [2.45, 2.75) is 38.5 Å². The third-order valence-electron chi connectivity index (χ3n) is 4.67. The van der Waals surface area contributed by atoms with Crippen LogP contribution in [-0.2, 0) is 14.9 Å². The molecule has 0 atom stereocenters. The van der Waals surface area contributed by atoms with Gasteiger partial charge in [-0.1, -0.05) is 30.2 Å². The van der Waals surface area contributed by atoms with Crippen molar-refractivity contribution in [3.63, 3.8) is 0 Å². The van der Waals surface area contributed by atoms with E-state index in [0.29, 0.717) is 10.6 Å². The summed E-state index contributed by atoms with van der Waals surface area (Å²) in [5.74, 6) is -0.454. The third-order valence-corrected chi connectivity index (χ3v) is 5.89. The lowest BCUT2D eigenvalue weighted by atomic mass is 9.64. The Kier molecular flexibility index (Phi) is 4.79. The molecular formula is C19H19ClO3S. The van der Waals surface area contributed by atoms with E-state index in [1.165, 1.54) is 0 Å². The molecule has 1 aromatic carbocycles. The number of carbonyl (C=O) groups is 2. The first-order valence-corrected chi connectivity index (χ1v) is 9.15. The highest BCUT2D eigenvalue weighted by atomic mass is 35.5. The minimum atomic E-state index is -0.621. The van der Waals surface area contributed by atoms with Crippen molar-refractivity contribution in [2.75, 3.05) is 6.61 Å². The van der Waals surface area contributed by atoms with Gasteiger partial charge in [-0.15, -0.1) is 11.3 Å². The molecule has 0 bridgehead atoms. The van der Waals surface area contributed by atoms with Crippen molar-refractivity contribution < 1.29 is 14.3 Å². The van der Waals surface area contributed by atoms with Gasteiger partial charge in [-0.25, -0.2) is 0 Å². The number of halogens is 1. The first kappa shape index (κ1) is 17.2. The van der Waals surface area contributed by atoms with Crippen LogP contribution in [0.25, 0.3) is 0 Å². The molecule has 1 heterocycles. The first-order chi connectivity index (χ1) is 11.4. The van der Waals surface area contributed by atoms with E-state index >= 15 is 0 Å². The number of esters is 1. The number of Topliss-reactive ketones (excluding diaryl/α,β-unsaturated/α-hetero) is 1. The lowest BCUT2D eigenvalue weighted by molar-refractivity contribution is -0.153. The summed E-state index contributed by atoms with van der Waals surface area (Å²) in [4.78, 5) is 27.0. The Balaban J connectivity index is 1.70. The third kappa shape index (κ3) is 3.13. The summed E-state index contributed by atoms with van der Waals surface area (Å²) in [7, 11) is 0. The van der Waals surface area contributed by atoms with Crippen molar-refractivity contribution in [3.05, 3.63) is 56.2 Å². The molecule has 0 unspecified atom stereocenters. The molecule has 0 amide bonds. The van der Waals surface area contributed by atoms with E-state index in [2.05, 4.69) is 0 Å².